The molecule has 0 saturated heterocycles. The highest BCUT2D eigenvalue weighted by molar-refractivity contribution is 8.11. The van der Waals surface area contributed by atoms with E-state index in [1.807, 2.05) is 0 Å². The van der Waals surface area contributed by atoms with Crippen LogP contribution in [-0.2, 0) is 16.6 Å². The Morgan fingerprint density at radius 2 is 2.18 bits per heavy atom. The number of nitrogens with one attached hydrogen (secondary N) is 2. The van der Waals surface area contributed by atoms with Crippen LogP contribution in [-0.4, -0.2) is 19.0 Å². The molecule has 0 aliphatic carbocycles. The summed E-state index contributed by atoms with van der Waals surface area (Å²) in [6, 6.07) is 4.18. The lowest BCUT2D eigenvalue weighted by Crippen LogP contribution is -2.16. The van der Waals surface area contributed by atoms with E-state index < -0.39 is 15.8 Å². The zero-order chi connectivity index (χ0) is 13.1. The van der Waals surface area contributed by atoms with Gasteiger partial charge in [-0.2, -0.15) is 0 Å². The summed E-state index contributed by atoms with van der Waals surface area (Å²) in [6.45, 7) is 0.332. The van der Waals surface area contributed by atoms with Crippen molar-refractivity contribution in [3.63, 3.8) is 0 Å². The second-order valence-corrected chi connectivity index (χ2v) is 6.25. The Labute approximate surface area is 110 Å². The molecule has 0 aliphatic heterocycles. The molecule has 0 atom stereocenters. The summed E-state index contributed by atoms with van der Waals surface area (Å²) in [5.74, 6) is -0.639. The predicted molar refractivity (Wildman–Crippen MR) is 73.3 cm³/mol. The second-order valence-electron chi connectivity index (χ2n) is 3.35. The van der Waals surface area contributed by atoms with Gasteiger partial charge in [-0.25, -0.2) is 12.8 Å². The Morgan fingerprint density at radius 1 is 1.53 bits per heavy atom. The molecule has 0 heterocycles. The number of sulfonamides is 1. The van der Waals surface area contributed by atoms with E-state index in [1.54, 1.807) is 6.07 Å². The van der Waals surface area contributed by atoms with E-state index in [0.717, 1.165) is 6.26 Å². The molecule has 1 aromatic rings. The van der Waals surface area contributed by atoms with E-state index in [0.29, 0.717) is 16.4 Å². The average molecular weight is 294 g/mol. The van der Waals surface area contributed by atoms with Crippen molar-refractivity contribution in [2.45, 2.75) is 6.54 Å². The van der Waals surface area contributed by atoms with Gasteiger partial charge in [0.1, 0.15) is 10.1 Å². The number of hydrogen-bond donors (Lipinski definition) is 3. The number of thiol groups is 1. The first-order valence-electron chi connectivity index (χ1n) is 4.51. The first-order chi connectivity index (χ1) is 7.78. The molecule has 1 rings (SSSR count). The summed E-state index contributed by atoms with van der Waals surface area (Å²) < 4.78 is 37.8. The van der Waals surface area contributed by atoms with Gasteiger partial charge in [0.15, 0.2) is 0 Å². The van der Waals surface area contributed by atoms with Crippen molar-refractivity contribution in [2.24, 2.45) is 0 Å². The number of halogens is 1. The van der Waals surface area contributed by atoms with E-state index in [-0.39, 0.29) is 5.69 Å². The second kappa shape index (κ2) is 5.65. The minimum Gasteiger partial charge on any atom is -0.367 e. The molecule has 2 N–H and O–H groups in total. The summed E-state index contributed by atoms with van der Waals surface area (Å²) in [6.07, 6.45) is 0.960. The molecule has 0 amide bonds. The Bertz CT molecular complexity index is 531. The maximum absolute atomic E-state index is 13.5. The fraction of sp³-hybridized carbons (Fsp3) is 0.222. The largest absolute Gasteiger partial charge is 0.367 e. The molecule has 0 aromatic heterocycles. The average Bonchev–Trinajstić information content (AvgIpc) is 2.17. The quantitative estimate of drug-likeness (QED) is 0.582. The van der Waals surface area contributed by atoms with E-state index in [2.05, 4.69) is 22.7 Å². The summed E-state index contributed by atoms with van der Waals surface area (Å²) in [4.78, 5) is 0. The van der Waals surface area contributed by atoms with Crippen molar-refractivity contribution in [2.75, 3.05) is 11.0 Å². The van der Waals surface area contributed by atoms with Crippen LogP contribution >= 0.6 is 24.8 Å². The van der Waals surface area contributed by atoms with Gasteiger partial charge in [0.05, 0.1) is 11.9 Å². The summed E-state index contributed by atoms with van der Waals surface area (Å²) in [5, 5.41) is 2.75. The van der Waals surface area contributed by atoms with Crippen LogP contribution in [0.15, 0.2) is 18.2 Å². The fourth-order valence-corrected chi connectivity index (χ4v) is 1.84. The number of rotatable bonds is 4. The first kappa shape index (κ1) is 14.2. The van der Waals surface area contributed by atoms with Gasteiger partial charge in [0.2, 0.25) is 10.0 Å². The smallest absolute Gasteiger partial charge is 0.229 e. The van der Waals surface area contributed by atoms with Crippen LogP contribution in [0.4, 0.5) is 10.1 Å². The van der Waals surface area contributed by atoms with Gasteiger partial charge in [0.25, 0.3) is 0 Å². The molecule has 17 heavy (non-hydrogen) atoms. The summed E-state index contributed by atoms with van der Waals surface area (Å²) in [7, 11) is -3.48. The molecule has 94 valence electrons. The van der Waals surface area contributed by atoms with Gasteiger partial charge in [-0.05, 0) is 17.7 Å². The van der Waals surface area contributed by atoms with Crippen LogP contribution in [0, 0.1) is 5.82 Å². The van der Waals surface area contributed by atoms with Gasteiger partial charge in [-0.15, -0.1) is 12.6 Å². The van der Waals surface area contributed by atoms with Gasteiger partial charge in [0, 0.05) is 6.54 Å². The molecule has 0 radical (unpaired) electrons. The van der Waals surface area contributed by atoms with Crippen LogP contribution < -0.4 is 10.0 Å². The van der Waals surface area contributed by atoms with Gasteiger partial charge in [-0.3, -0.25) is 4.72 Å². The van der Waals surface area contributed by atoms with Crippen molar-refractivity contribution in [3.8, 4) is 0 Å². The standard InChI is InChI=1S/C9H11FN2O2S3/c1-17(13,14)12-8-3-2-6(4-7(8)10)5-11-9(15)16/h2-4,12H,5H2,1H3,(H2,11,15,16). The van der Waals surface area contributed by atoms with Crippen molar-refractivity contribution in [1.82, 2.24) is 5.32 Å². The highest BCUT2D eigenvalue weighted by Gasteiger charge is 2.08. The Hall–Kier alpha value is -0.860. The topological polar surface area (TPSA) is 58.2 Å². The van der Waals surface area contributed by atoms with Crippen LogP contribution in [0.3, 0.4) is 0 Å². The lowest BCUT2D eigenvalue weighted by atomic mass is 10.2. The minimum absolute atomic E-state index is 0.0790. The van der Waals surface area contributed by atoms with E-state index >= 15 is 0 Å². The molecule has 0 aliphatic rings. The fourth-order valence-electron chi connectivity index (χ4n) is 1.13. The minimum atomic E-state index is -3.48. The van der Waals surface area contributed by atoms with Crippen LogP contribution in [0.5, 0.6) is 0 Å². The molecule has 0 spiro atoms. The third kappa shape index (κ3) is 5.33. The Kier molecular flexibility index (Phi) is 4.72. The zero-order valence-corrected chi connectivity index (χ0v) is 11.4. The molecule has 0 bridgehead atoms. The SMILES string of the molecule is CS(=O)(=O)Nc1ccc(CNC(=S)S)cc1F. The maximum atomic E-state index is 13.5. The molecule has 1 aromatic carbocycles. The van der Waals surface area contributed by atoms with Crippen molar-refractivity contribution < 1.29 is 12.8 Å². The van der Waals surface area contributed by atoms with Gasteiger partial charge >= 0.3 is 0 Å². The van der Waals surface area contributed by atoms with Crippen LogP contribution in [0.25, 0.3) is 0 Å². The number of anilines is 1. The Balaban J connectivity index is 2.83. The predicted octanol–water partition coefficient (Wildman–Crippen LogP) is 1.50. The van der Waals surface area contributed by atoms with Crippen molar-refractivity contribution >= 4 is 44.9 Å². The highest BCUT2D eigenvalue weighted by Crippen LogP contribution is 2.16. The van der Waals surface area contributed by atoms with Crippen molar-refractivity contribution in [3.05, 3.63) is 29.6 Å². The lowest BCUT2D eigenvalue weighted by Gasteiger charge is -2.08. The van der Waals surface area contributed by atoms with Crippen molar-refractivity contribution in [1.29, 1.82) is 0 Å². The summed E-state index contributed by atoms with van der Waals surface area (Å²) >= 11 is 8.56. The lowest BCUT2D eigenvalue weighted by molar-refractivity contribution is 0.603. The van der Waals surface area contributed by atoms with Gasteiger partial charge < -0.3 is 5.32 Å². The third-order valence-electron chi connectivity index (χ3n) is 1.77. The molecule has 0 fully saturated rings. The van der Waals surface area contributed by atoms with Gasteiger partial charge in [-0.1, -0.05) is 18.3 Å². The number of benzene rings is 1. The highest BCUT2D eigenvalue weighted by atomic mass is 32.2. The van der Waals surface area contributed by atoms with E-state index in [9.17, 15) is 12.8 Å². The van der Waals surface area contributed by atoms with E-state index in [1.165, 1.54) is 12.1 Å². The summed E-state index contributed by atoms with van der Waals surface area (Å²) in [5.41, 5.74) is 0.558. The van der Waals surface area contributed by atoms with Crippen LogP contribution in [0.2, 0.25) is 0 Å². The maximum Gasteiger partial charge on any atom is 0.229 e. The first-order valence-corrected chi connectivity index (χ1v) is 7.25. The number of hydrogen-bond acceptors (Lipinski definition) is 3. The molecule has 0 saturated carbocycles. The molecular weight excluding hydrogens is 283 g/mol. The zero-order valence-electron chi connectivity index (χ0n) is 8.90. The number of thiocarbonyl (C=S) groups is 1. The Morgan fingerprint density at radius 3 is 2.65 bits per heavy atom. The van der Waals surface area contributed by atoms with E-state index in [4.69, 9.17) is 12.2 Å². The molecular formula is C9H11FN2O2S3. The monoisotopic (exact) mass is 294 g/mol. The third-order valence-corrected chi connectivity index (χ3v) is 2.67. The molecule has 0 unspecified atom stereocenters. The molecule has 4 nitrogen and oxygen atoms in total. The molecule has 8 heteroatoms. The normalized spacial score (nSPS) is 11.0. The van der Waals surface area contributed by atoms with Crippen LogP contribution in [0.1, 0.15) is 5.56 Å².